The molecule has 0 aromatic carbocycles. The van der Waals surface area contributed by atoms with Crippen molar-refractivity contribution in [2.45, 2.75) is 56.5 Å². The molecule has 2 aliphatic rings. The highest BCUT2D eigenvalue weighted by molar-refractivity contribution is 7.99. The van der Waals surface area contributed by atoms with E-state index in [-0.39, 0.29) is 0 Å². The molecule has 0 spiro atoms. The van der Waals surface area contributed by atoms with E-state index in [1.807, 2.05) is 0 Å². The number of hydrogen-bond donors (Lipinski definition) is 0. The van der Waals surface area contributed by atoms with Crippen LogP contribution in [-0.4, -0.2) is 15.7 Å². The zero-order valence-corrected chi connectivity index (χ0v) is 9.41. The van der Waals surface area contributed by atoms with Gasteiger partial charge in [-0.25, -0.2) is 0 Å². The summed E-state index contributed by atoms with van der Waals surface area (Å²) in [6, 6.07) is 0. The van der Waals surface area contributed by atoms with Gasteiger partial charge in [0.1, 0.15) is 15.7 Å². The average Bonchev–Trinajstić information content (AvgIpc) is 2.25. The van der Waals surface area contributed by atoms with Crippen LogP contribution in [-0.2, 0) is 10.9 Å². The van der Waals surface area contributed by atoms with E-state index >= 15 is 0 Å². The van der Waals surface area contributed by atoms with Gasteiger partial charge in [0.15, 0.2) is 0 Å². The third-order valence-electron chi connectivity index (χ3n) is 4.10. The van der Waals surface area contributed by atoms with Gasteiger partial charge in [-0.2, -0.15) is 0 Å². The van der Waals surface area contributed by atoms with E-state index in [1.165, 1.54) is 25.7 Å². The first-order valence-electron chi connectivity index (χ1n) is 5.34. The fourth-order valence-corrected chi connectivity index (χ4v) is 6.97. The Hall–Kier alpha value is 0.350. The second kappa shape index (κ2) is 2.94. The van der Waals surface area contributed by atoms with Crippen molar-refractivity contribution in [3.05, 3.63) is 0 Å². The lowest BCUT2D eigenvalue weighted by Crippen LogP contribution is -2.42. The van der Waals surface area contributed by atoms with Crippen LogP contribution >= 0.6 is 0 Å². The van der Waals surface area contributed by atoms with Crippen LogP contribution in [0.2, 0.25) is 0 Å². The molecule has 0 aromatic rings. The van der Waals surface area contributed by atoms with Crippen molar-refractivity contribution in [3.63, 3.8) is 0 Å². The van der Waals surface area contributed by atoms with Gasteiger partial charge in [0.05, 0.1) is 0 Å². The second-order valence-corrected chi connectivity index (χ2v) is 7.85. The van der Waals surface area contributed by atoms with Crippen LogP contribution in [0.5, 0.6) is 0 Å². The third kappa shape index (κ3) is 1.13. The van der Waals surface area contributed by atoms with Crippen LogP contribution in [0.25, 0.3) is 0 Å². The molecule has 0 N–H and O–H groups in total. The summed E-state index contributed by atoms with van der Waals surface area (Å²) in [6.07, 6.45) is 6.02. The predicted molar refractivity (Wildman–Crippen MR) is 57.7 cm³/mol. The highest BCUT2D eigenvalue weighted by atomic mass is 32.2. The summed E-state index contributed by atoms with van der Waals surface area (Å²) in [6.45, 7) is 7.52. The van der Waals surface area contributed by atoms with E-state index in [9.17, 15) is 0 Å². The van der Waals surface area contributed by atoms with Crippen molar-refractivity contribution < 1.29 is 0 Å². The van der Waals surface area contributed by atoms with Gasteiger partial charge in [-0.15, -0.1) is 0 Å². The van der Waals surface area contributed by atoms with Gasteiger partial charge in [-0.1, -0.05) is 6.92 Å². The molecular weight excluding hydrogens is 164 g/mol. The minimum Gasteiger partial charge on any atom is -0.0573 e. The minimum absolute atomic E-state index is 0.748. The van der Waals surface area contributed by atoms with Gasteiger partial charge < -0.3 is 0 Å². The van der Waals surface area contributed by atoms with Crippen molar-refractivity contribution in [1.29, 1.82) is 0 Å². The van der Waals surface area contributed by atoms with Crippen molar-refractivity contribution in [3.8, 4) is 0 Å². The molecule has 0 aliphatic carbocycles. The molecule has 0 nitrogen and oxygen atoms in total. The van der Waals surface area contributed by atoms with E-state index in [1.54, 1.807) is 5.75 Å². The zero-order valence-electron chi connectivity index (χ0n) is 8.60. The van der Waals surface area contributed by atoms with Crippen LogP contribution in [0, 0.1) is 5.92 Å². The summed E-state index contributed by atoms with van der Waals surface area (Å²) in [5.74, 6) is 2.54. The molecule has 0 saturated carbocycles. The monoisotopic (exact) mass is 185 g/mol. The second-order valence-electron chi connectivity index (χ2n) is 4.85. The lowest BCUT2D eigenvalue weighted by Gasteiger charge is -2.32. The molecular formula is C11H21S+. The summed E-state index contributed by atoms with van der Waals surface area (Å²) in [4.78, 5) is 0. The Labute approximate surface area is 79.5 Å². The summed E-state index contributed by atoms with van der Waals surface area (Å²) in [5, 5.41) is 1.03. The maximum absolute atomic E-state index is 2.56. The maximum Gasteiger partial charge on any atom is 0.128 e. The zero-order chi connectivity index (χ0) is 8.77. The number of hydrogen-bond acceptors (Lipinski definition) is 0. The smallest absolute Gasteiger partial charge is 0.0573 e. The van der Waals surface area contributed by atoms with E-state index in [4.69, 9.17) is 0 Å². The third-order valence-corrected chi connectivity index (χ3v) is 7.80. The van der Waals surface area contributed by atoms with Crippen LogP contribution in [0.1, 0.15) is 46.5 Å². The van der Waals surface area contributed by atoms with Crippen LogP contribution in [0.15, 0.2) is 0 Å². The van der Waals surface area contributed by atoms with E-state index in [0.29, 0.717) is 0 Å². The SMILES string of the molecule is C[C@@H]1C[C@@H](C)[C@@]2(C)CCCC[S+]12. The normalized spacial score (nSPS) is 53.8. The van der Waals surface area contributed by atoms with Gasteiger partial charge >= 0.3 is 0 Å². The first kappa shape index (κ1) is 8.93. The van der Waals surface area contributed by atoms with Crippen molar-refractivity contribution in [1.82, 2.24) is 0 Å². The largest absolute Gasteiger partial charge is 0.128 e. The van der Waals surface area contributed by atoms with Crippen LogP contribution in [0.4, 0.5) is 0 Å². The number of rotatable bonds is 0. The first-order valence-corrected chi connectivity index (χ1v) is 6.80. The fraction of sp³-hybridized carbons (Fsp3) is 1.00. The topological polar surface area (TPSA) is 0 Å². The average molecular weight is 185 g/mol. The van der Waals surface area contributed by atoms with E-state index in [0.717, 1.165) is 26.8 Å². The first-order chi connectivity index (χ1) is 5.64. The van der Waals surface area contributed by atoms with Crippen molar-refractivity contribution in [2.75, 3.05) is 5.75 Å². The molecule has 0 radical (unpaired) electrons. The minimum atomic E-state index is 0.748. The summed E-state index contributed by atoms with van der Waals surface area (Å²) >= 11 is 0. The van der Waals surface area contributed by atoms with Gasteiger partial charge in [-0.3, -0.25) is 0 Å². The lowest BCUT2D eigenvalue weighted by atomic mass is 9.87. The molecule has 0 aromatic heterocycles. The Morgan fingerprint density at radius 3 is 2.67 bits per heavy atom. The quantitative estimate of drug-likeness (QED) is 0.509. The van der Waals surface area contributed by atoms with Crippen LogP contribution < -0.4 is 0 Å². The molecule has 0 bridgehead atoms. The molecule has 0 amide bonds. The Bertz CT molecular complexity index is 178. The molecule has 1 unspecified atom stereocenters. The molecule has 2 rings (SSSR count). The van der Waals surface area contributed by atoms with Gasteiger partial charge in [-0.05, 0) is 44.0 Å². The Morgan fingerprint density at radius 1 is 1.25 bits per heavy atom. The molecule has 2 heterocycles. The van der Waals surface area contributed by atoms with Crippen molar-refractivity contribution >= 4 is 10.9 Å². The van der Waals surface area contributed by atoms with Crippen molar-refractivity contribution in [2.24, 2.45) is 5.92 Å². The predicted octanol–water partition coefficient (Wildman–Crippen LogP) is 2.98. The molecule has 2 saturated heterocycles. The number of fused-ring (bicyclic) bond motifs is 1. The Morgan fingerprint density at radius 2 is 2.00 bits per heavy atom. The highest BCUT2D eigenvalue weighted by Gasteiger charge is 2.57. The fourth-order valence-electron chi connectivity index (χ4n) is 3.13. The molecule has 70 valence electrons. The van der Waals surface area contributed by atoms with E-state index in [2.05, 4.69) is 20.8 Å². The highest BCUT2D eigenvalue weighted by Crippen LogP contribution is 2.48. The Balaban J connectivity index is 2.21. The van der Waals surface area contributed by atoms with E-state index < -0.39 is 0 Å². The molecule has 4 atom stereocenters. The van der Waals surface area contributed by atoms with Gasteiger partial charge in [0.25, 0.3) is 0 Å². The summed E-state index contributed by atoms with van der Waals surface area (Å²) in [5.41, 5.74) is 0. The lowest BCUT2D eigenvalue weighted by molar-refractivity contribution is 0.394. The summed E-state index contributed by atoms with van der Waals surface area (Å²) < 4.78 is 0.748. The van der Waals surface area contributed by atoms with Gasteiger partial charge in [0, 0.05) is 12.3 Å². The maximum atomic E-state index is 2.56. The molecule has 12 heavy (non-hydrogen) atoms. The Kier molecular flexibility index (Phi) is 2.18. The van der Waals surface area contributed by atoms with Gasteiger partial charge in [0.2, 0.25) is 0 Å². The standard InChI is InChI=1S/C11H21S/c1-9-8-10(2)12-7-5-4-6-11(9,12)3/h9-10H,4-8H2,1-3H3/q+1/t9-,10-,11-,12?/m1/s1. The molecule has 1 heteroatoms. The molecule has 2 fully saturated rings. The molecule has 2 aliphatic heterocycles. The van der Waals surface area contributed by atoms with Crippen LogP contribution in [0.3, 0.4) is 0 Å². The summed E-state index contributed by atoms with van der Waals surface area (Å²) in [7, 11) is 0.774.